The van der Waals surface area contributed by atoms with Crippen LogP contribution < -0.4 is 16.0 Å². The van der Waals surface area contributed by atoms with Crippen LogP contribution in [0, 0.1) is 5.82 Å². The fraction of sp³-hybridized carbons (Fsp3) is 0.435. The molecule has 0 radical (unpaired) electrons. The molecular weight excluding hydrogens is 461 g/mol. The first-order chi connectivity index (χ1) is 16.4. The van der Waals surface area contributed by atoms with Gasteiger partial charge in [-0.15, -0.1) is 11.3 Å². The van der Waals surface area contributed by atoms with Gasteiger partial charge in [-0.1, -0.05) is 0 Å². The van der Waals surface area contributed by atoms with E-state index in [1.165, 1.54) is 40.5 Å². The molecule has 0 bridgehead atoms. The molecular formula is C23H26FN5O4S. The van der Waals surface area contributed by atoms with E-state index in [1.54, 1.807) is 5.38 Å². The molecule has 1 aliphatic heterocycles. The van der Waals surface area contributed by atoms with E-state index in [2.05, 4.69) is 20.9 Å². The normalized spacial score (nSPS) is 17.9. The van der Waals surface area contributed by atoms with Gasteiger partial charge in [0.05, 0.1) is 12.1 Å². The summed E-state index contributed by atoms with van der Waals surface area (Å²) in [4.78, 5) is 55.5. The third kappa shape index (κ3) is 6.37. The maximum absolute atomic E-state index is 13.2. The van der Waals surface area contributed by atoms with Crippen molar-refractivity contribution >= 4 is 40.1 Å². The molecule has 1 unspecified atom stereocenters. The number of carbonyl (C=O) groups is 4. The van der Waals surface area contributed by atoms with Gasteiger partial charge >= 0.3 is 0 Å². The van der Waals surface area contributed by atoms with Crippen molar-refractivity contribution in [2.75, 3.05) is 18.4 Å². The number of benzene rings is 1. The lowest BCUT2D eigenvalue weighted by Gasteiger charge is -2.21. The van der Waals surface area contributed by atoms with Gasteiger partial charge in [0.2, 0.25) is 17.7 Å². The van der Waals surface area contributed by atoms with Gasteiger partial charge in [0.25, 0.3) is 5.91 Å². The highest BCUT2D eigenvalue weighted by atomic mass is 32.1. The summed E-state index contributed by atoms with van der Waals surface area (Å²) in [5, 5.41) is 10.2. The van der Waals surface area contributed by atoms with E-state index in [0.717, 1.165) is 25.7 Å². The van der Waals surface area contributed by atoms with Gasteiger partial charge < -0.3 is 20.9 Å². The van der Waals surface area contributed by atoms with Crippen molar-refractivity contribution in [3.05, 3.63) is 46.7 Å². The molecule has 1 saturated heterocycles. The predicted octanol–water partition coefficient (Wildman–Crippen LogP) is 1.85. The number of amides is 4. The zero-order valence-electron chi connectivity index (χ0n) is 18.5. The Kier molecular flexibility index (Phi) is 7.51. The summed E-state index contributed by atoms with van der Waals surface area (Å²) < 4.78 is 13.2. The van der Waals surface area contributed by atoms with E-state index in [0.29, 0.717) is 29.4 Å². The molecule has 0 spiro atoms. The third-order valence-electron chi connectivity index (χ3n) is 5.66. The van der Waals surface area contributed by atoms with Gasteiger partial charge in [0.1, 0.15) is 18.4 Å². The van der Waals surface area contributed by atoms with E-state index in [-0.39, 0.29) is 36.7 Å². The van der Waals surface area contributed by atoms with E-state index in [9.17, 15) is 23.6 Å². The molecule has 1 aliphatic carbocycles. The lowest BCUT2D eigenvalue weighted by atomic mass is 10.1. The largest absolute Gasteiger partial charge is 0.354 e. The standard InChI is InChI=1S/C23H26FN5O4S/c24-15-6-4-14(5-7-15)22(33)29(17-8-9-17)12-20(31)28-23-26-16(13-34-23)11-19(30)27-18-3-1-2-10-25-21(18)32/h4-7,13,17-18H,1-3,8-12H2,(H,25,32)(H,27,30)(H,26,28,31). The molecule has 9 nitrogen and oxygen atoms in total. The monoisotopic (exact) mass is 487 g/mol. The van der Waals surface area contributed by atoms with Crippen molar-refractivity contribution in [3.8, 4) is 0 Å². The Balaban J connectivity index is 1.30. The van der Waals surface area contributed by atoms with Crippen molar-refractivity contribution in [2.45, 2.75) is 50.6 Å². The molecule has 2 aromatic rings. The number of nitrogens with one attached hydrogen (secondary N) is 3. The molecule has 1 atom stereocenters. The van der Waals surface area contributed by atoms with Crippen molar-refractivity contribution in [1.29, 1.82) is 0 Å². The number of aromatic nitrogens is 1. The Morgan fingerprint density at radius 1 is 1.12 bits per heavy atom. The molecule has 2 fully saturated rings. The SMILES string of the molecule is O=C(CN(C(=O)c1ccc(F)cc1)C1CC1)Nc1nc(CC(=O)NC2CCCCNC2=O)cs1. The first-order valence-electron chi connectivity index (χ1n) is 11.3. The first kappa shape index (κ1) is 23.8. The Morgan fingerprint density at radius 2 is 1.88 bits per heavy atom. The van der Waals surface area contributed by atoms with Crippen LogP contribution in [0.5, 0.6) is 0 Å². The van der Waals surface area contributed by atoms with Crippen LogP contribution in [0.1, 0.15) is 48.2 Å². The summed E-state index contributed by atoms with van der Waals surface area (Å²) in [6, 6.07) is 4.69. The molecule has 180 valence electrons. The van der Waals surface area contributed by atoms with E-state index < -0.39 is 17.8 Å². The second-order valence-corrected chi connectivity index (χ2v) is 9.31. The van der Waals surface area contributed by atoms with Crippen molar-refractivity contribution < 1.29 is 23.6 Å². The number of anilines is 1. The molecule has 11 heteroatoms. The maximum Gasteiger partial charge on any atom is 0.254 e. The summed E-state index contributed by atoms with van der Waals surface area (Å²) in [7, 11) is 0. The van der Waals surface area contributed by atoms with Gasteiger partial charge in [0.15, 0.2) is 5.13 Å². The Hall–Kier alpha value is -3.34. The molecule has 3 N–H and O–H groups in total. The van der Waals surface area contributed by atoms with Crippen molar-refractivity contribution in [2.24, 2.45) is 0 Å². The number of nitrogens with zero attached hydrogens (tertiary/aromatic N) is 2. The quantitative estimate of drug-likeness (QED) is 0.525. The summed E-state index contributed by atoms with van der Waals surface area (Å²) in [5.74, 6) is -1.64. The summed E-state index contributed by atoms with van der Waals surface area (Å²) in [6.07, 6.45) is 3.97. The number of halogens is 1. The fourth-order valence-electron chi connectivity index (χ4n) is 3.76. The zero-order chi connectivity index (χ0) is 24.1. The van der Waals surface area contributed by atoms with Crippen LogP contribution in [0.4, 0.5) is 9.52 Å². The average molecular weight is 488 g/mol. The van der Waals surface area contributed by atoms with Crippen molar-refractivity contribution in [3.63, 3.8) is 0 Å². The molecule has 4 rings (SSSR count). The predicted molar refractivity (Wildman–Crippen MR) is 124 cm³/mol. The van der Waals surface area contributed by atoms with Gasteiger partial charge in [0, 0.05) is 23.5 Å². The Bertz CT molecular complexity index is 1070. The van der Waals surface area contributed by atoms with E-state index in [4.69, 9.17) is 0 Å². The van der Waals surface area contributed by atoms with E-state index in [1.807, 2.05) is 0 Å². The number of rotatable bonds is 8. The summed E-state index contributed by atoms with van der Waals surface area (Å²) in [6.45, 7) is 0.473. The lowest BCUT2D eigenvalue weighted by Crippen LogP contribution is -2.46. The molecule has 2 heterocycles. The van der Waals surface area contributed by atoms with Crippen LogP contribution >= 0.6 is 11.3 Å². The molecule has 1 saturated carbocycles. The molecule has 1 aromatic heterocycles. The van der Waals surface area contributed by atoms with Gasteiger partial charge in [-0.3, -0.25) is 19.2 Å². The molecule has 4 amide bonds. The number of hydrogen-bond donors (Lipinski definition) is 3. The van der Waals surface area contributed by atoms with Crippen LogP contribution in [-0.2, 0) is 20.8 Å². The van der Waals surface area contributed by atoms with Gasteiger partial charge in [-0.05, 0) is 56.4 Å². The zero-order valence-corrected chi connectivity index (χ0v) is 19.3. The highest BCUT2D eigenvalue weighted by Crippen LogP contribution is 2.28. The smallest absolute Gasteiger partial charge is 0.254 e. The molecule has 2 aliphatic rings. The number of carbonyl (C=O) groups excluding carboxylic acids is 4. The summed E-state index contributed by atoms with van der Waals surface area (Å²) >= 11 is 1.18. The topological polar surface area (TPSA) is 120 Å². The molecule has 34 heavy (non-hydrogen) atoms. The lowest BCUT2D eigenvalue weighted by molar-refractivity contribution is -0.128. The van der Waals surface area contributed by atoms with Crippen LogP contribution in [-0.4, -0.2) is 58.7 Å². The van der Waals surface area contributed by atoms with Gasteiger partial charge in [-0.2, -0.15) is 0 Å². The van der Waals surface area contributed by atoms with Crippen LogP contribution in [0.15, 0.2) is 29.6 Å². The third-order valence-corrected chi connectivity index (χ3v) is 6.47. The highest BCUT2D eigenvalue weighted by molar-refractivity contribution is 7.13. The minimum absolute atomic E-state index is 0.00655. The van der Waals surface area contributed by atoms with Crippen LogP contribution in [0.3, 0.4) is 0 Å². The number of hydrogen-bond acceptors (Lipinski definition) is 6. The first-order valence-corrected chi connectivity index (χ1v) is 12.1. The van der Waals surface area contributed by atoms with Crippen LogP contribution in [0.25, 0.3) is 0 Å². The Labute approximate surface area is 200 Å². The fourth-order valence-corrected chi connectivity index (χ4v) is 4.48. The minimum atomic E-state index is -0.542. The second-order valence-electron chi connectivity index (χ2n) is 8.45. The Morgan fingerprint density at radius 3 is 2.62 bits per heavy atom. The average Bonchev–Trinajstić information content (AvgIpc) is 3.59. The second kappa shape index (κ2) is 10.7. The van der Waals surface area contributed by atoms with Gasteiger partial charge in [-0.25, -0.2) is 9.37 Å². The number of thiazole rings is 1. The van der Waals surface area contributed by atoms with E-state index >= 15 is 0 Å². The summed E-state index contributed by atoms with van der Waals surface area (Å²) in [5.41, 5.74) is 0.805. The molecule has 1 aromatic carbocycles. The van der Waals surface area contributed by atoms with Crippen LogP contribution in [0.2, 0.25) is 0 Å². The minimum Gasteiger partial charge on any atom is -0.354 e. The highest BCUT2D eigenvalue weighted by Gasteiger charge is 2.34. The maximum atomic E-state index is 13.2. The van der Waals surface area contributed by atoms with Crippen molar-refractivity contribution in [1.82, 2.24) is 20.5 Å².